The number of nitrogens with zero attached hydrogens (tertiary/aromatic N) is 1. The van der Waals surface area contributed by atoms with E-state index in [0.29, 0.717) is 34.3 Å². The Bertz CT molecular complexity index is 573. The fraction of sp³-hybridized carbons (Fsp3) is 0.571. The van der Waals surface area contributed by atoms with Gasteiger partial charge in [-0.25, -0.2) is 8.42 Å². The maximum atomic E-state index is 12.8. The number of hydrogen-bond donors (Lipinski definition) is 0. The minimum absolute atomic E-state index is 0.334. The van der Waals surface area contributed by atoms with Crippen LogP contribution in [-0.2, 0) is 15.9 Å². The summed E-state index contributed by atoms with van der Waals surface area (Å²) in [4.78, 5) is 0.334. The molecule has 0 N–H and O–H groups in total. The Balaban J connectivity index is 2.30. The molecule has 1 aromatic carbocycles. The Morgan fingerprint density at radius 3 is 2.60 bits per heavy atom. The molecule has 20 heavy (non-hydrogen) atoms. The van der Waals surface area contributed by atoms with Crippen molar-refractivity contribution >= 4 is 37.6 Å². The molecular weight excluding hydrogens is 362 g/mol. The largest absolute Gasteiger partial charge is 0.244 e. The van der Waals surface area contributed by atoms with E-state index in [4.69, 9.17) is 11.6 Å². The quantitative estimate of drug-likeness (QED) is 0.671. The maximum Gasteiger partial charge on any atom is 0.244 e. The van der Waals surface area contributed by atoms with Gasteiger partial charge < -0.3 is 0 Å². The first-order chi connectivity index (χ1) is 9.48. The third-order valence-electron chi connectivity index (χ3n) is 3.40. The van der Waals surface area contributed by atoms with Crippen molar-refractivity contribution in [3.8, 4) is 0 Å². The van der Waals surface area contributed by atoms with Crippen LogP contribution < -0.4 is 0 Å². The van der Waals surface area contributed by atoms with Gasteiger partial charge in [-0.05, 0) is 58.8 Å². The lowest BCUT2D eigenvalue weighted by Gasteiger charge is -2.22. The predicted molar refractivity (Wildman–Crippen MR) is 85.5 cm³/mol. The second-order valence-electron chi connectivity index (χ2n) is 5.20. The van der Waals surface area contributed by atoms with Gasteiger partial charge in [0.2, 0.25) is 10.0 Å². The number of alkyl halides is 1. The summed E-state index contributed by atoms with van der Waals surface area (Å²) in [5, 5.41) is 0. The van der Waals surface area contributed by atoms with Crippen LogP contribution in [0.3, 0.4) is 0 Å². The summed E-state index contributed by atoms with van der Waals surface area (Å²) in [6.07, 6.45) is 3.10. The second-order valence-corrected chi connectivity index (χ2v) is 8.23. The smallest absolute Gasteiger partial charge is 0.207 e. The monoisotopic (exact) mass is 379 g/mol. The van der Waals surface area contributed by atoms with Gasteiger partial charge in [-0.1, -0.05) is 13.0 Å². The first-order valence-electron chi connectivity index (χ1n) is 6.83. The number of benzene rings is 1. The first-order valence-corrected chi connectivity index (χ1v) is 9.60. The van der Waals surface area contributed by atoms with Crippen molar-refractivity contribution in [1.82, 2.24) is 4.31 Å². The van der Waals surface area contributed by atoms with Crippen molar-refractivity contribution in [2.75, 3.05) is 13.1 Å². The minimum atomic E-state index is -3.43. The molecule has 1 aromatic rings. The van der Waals surface area contributed by atoms with Gasteiger partial charge in [0.1, 0.15) is 0 Å². The van der Waals surface area contributed by atoms with E-state index in [0.717, 1.165) is 24.8 Å². The molecule has 6 heteroatoms. The summed E-state index contributed by atoms with van der Waals surface area (Å²) >= 11 is 9.13. The van der Waals surface area contributed by atoms with Gasteiger partial charge in [-0.2, -0.15) is 4.31 Å². The van der Waals surface area contributed by atoms with Gasteiger partial charge in [0.15, 0.2) is 0 Å². The molecule has 1 aliphatic carbocycles. The fourth-order valence-electron chi connectivity index (χ4n) is 2.12. The highest BCUT2D eigenvalue weighted by Gasteiger charge is 2.32. The summed E-state index contributed by atoms with van der Waals surface area (Å²) in [5.74, 6) is 0.914. The SMILES string of the molecule is CCCN(CC1CC1)S(=O)(=O)c1ccc(CCl)cc1Br. The molecule has 0 unspecified atom stereocenters. The lowest BCUT2D eigenvalue weighted by molar-refractivity contribution is 0.395. The van der Waals surface area contributed by atoms with Gasteiger partial charge in [-0.3, -0.25) is 0 Å². The van der Waals surface area contributed by atoms with Gasteiger partial charge >= 0.3 is 0 Å². The van der Waals surface area contributed by atoms with E-state index in [1.165, 1.54) is 0 Å². The molecule has 0 atom stereocenters. The maximum absolute atomic E-state index is 12.8. The van der Waals surface area contributed by atoms with Gasteiger partial charge in [0, 0.05) is 23.4 Å². The molecule has 0 amide bonds. The summed E-state index contributed by atoms with van der Waals surface area (Å²) in [7, 11) is -3.43. The molecule has 0 bridgehead atoms. The van der Waals surface area contributed by atoms with E-state index in [-0.39, 0.29) is 0 Å². The van der Waals surface area contributed by atoms with Crippen LogP contribution in [0.25, 0.3) is 0 Å². The highest BCUT2D eigenvalue weighted by atomic mass is 79.9. The Morgan fingerprint density at radius 1 is 1.40 bits per heavy atom. The van der Waals surface area contributed by atoms with Crippen molar-refractivity contribution in [2.45, 2.75) is 37.0 Å². The summed E-state index contributed by atoms with van der Waals surface area (Å²) < 4.78 is 27.7. The van der Waals surface area contributed by atoms with Crippen LogP contribution in [0.5, 0.6) is 0 Å². The molecular formula is C14H19BrClNO2S. The molecule has 0 aliphatic heterocycles. The van der Waals surface area contributed by atoms with Crippen molar-refractivity contribution in [1.29, 1.82) is 0 Å². The Morgan fingerprint density at radius 2 is 2.10 bits per heavy atom. The lowest BCUT2D eigenvalue weighted by Crippen LogP contribution is -2.33. The van der Waals surface area contributed by atoms with Crippen molar-refractivity contribution in [3.05, 3.63) is 28.2 Å². The normalized spacial score (nSPS) is 15.8. The van der Waals surface area contributed by atoms with Crippen LogP contribution in [0.15, 0.2) is 27.6 Å². The zero-order valence-corrected chi connectivity index (χ0v) is 14.6. The lowest BCUT2D eigenvalue weighted by atomic mass is 10.2. The standard InChI is InChI=1S/C14H19BrClNO2S/c1-2-7-17(10-11-3-4-11)20(18,19)14-6-5-12(9-16)8-13(14)15/h5-6,8,11H,2-4,7,9-10H2,1H3. The molecule has 1 saturated carbocycles. The summed E-state index contributed by atoms with van der Waals surface area (Å²) in [5.41, 5.74) is 0.904. The average Bonchev–Trinajstić information content (AvgIpc) is 3.21. The Kier molecular flexibility index (Phi) is 5.51. The van der Waals surface area contributed by atoms with Crippen LogP contribution in [0.2, 0.25) is 0 Å². The van der Waals surface area contributed by atoms with Crippen LogP contribution >= 0.6 is 27.5 Å². The molecule has 3 nitrogen and oxygen atoms in total. The summed E-state index contributed by atoms with van der Waals surface area (Å²) in [6.45, 7) is 3.21. The van der Waals surface area contributed by atoms with Crippen molar-refractivity contribution < 1.29 is 8.42 Å². The first kappa shape index (κ1) is 16.3. The van der Waals surface area contributed by atoms with Gasteiger partial charge in [-0.15, -0.1) is 11.6 Å². The number of sulfonamides is 1. The summed E-state index contributed by atoms with van der Waals surface area (Å²) in [6, 6.07) is 5.19. The minimum Gasteiger partial charge on any atom is -0.207 e. The molecule has 112 valence electrons. The molecule has 0 radical (unpaired) electrons. The Labute approximate surface area is 134 Å². The average molecular weight is 381 g/mol. The van der Waals surface area contributed by atoms with E-state index in [1.54, 1.807) is 22.5 Å². The van der Waals surface area contributed by atoms with Crippen molar-refractivity contribution in [2.24, 2.45) is 5.92 Å². The topological polar surface area (TPSA) is 37.4 Å². The molecule has 1 aliphatic rings. The highest BCUT2D eigenvalue weighted by Crippen LogP contribution is 2.33. The van der Waals surface area contributed by atoms with E-state index >= 15 is 0 Å². The van der Waals surface area contributed by atoms with Crippen LogP contribution in [0.4, 0.5) is 0 Å². The van der Waals surface area contributed by atoms with Crippen LogP contribution in [-0.4, -0.2) is 25.8 Å². The molecule has 1 fully saturated rings. The third-order valence-corrected chi connectivity index (χ3v) is 6.55. The zero-order chi connectivity index (χ0) is 14.8. The molecule has 0 aromatic heterocycles. The molecule has 0 spiro atoms. The third kappa shape index (κ3) is 3.75. The van der Waals surface area contributed by atoms with E-state index in [9.17, 15) is 8.42 Å². The zero-order valence-electron chi connectivity index (χ0n) is 11.5. The molecule has 0 heterocycles. The van der Waals surface area contributed by atoms with E-state index in [2.05, 4.69) is 15.9 Å². The number of hydrogen-bond acceptors (Lipinski definition) is 2. The fourth-order valence-corrected chi connectivity index (χ4v) is 4.98. The van der Waals surface area contributed by atoms with E-state index < -0.39 is 10.0 Å². The predicted octanol–water partition coefficient (Wildman–Crippen LogP) is 4.00. The second kappa shape index (κ2) is 6.77. The van der Waals surface area contributed by atoms with Crippen LogP contribution in [0, 0.1) is 5.92 Å². The van der Waals surface area contributed by atoms with Crippen molar-refractivity contribution in [3.63, 3.8) is 0 Å². The molecule has 2 rings (SSSR count). The van der Waals surface area contributed by atoms with Gasteiger partial charge in [0.25, 0.3) is 0 Å². The number of halogens is 2. The highest BCUT2D eigenvalue weighted by molar-refractivity contribution is 9.10. The van der Waals surface area contributed by atoms with E-state index in [1.807, 2.05) is 6.92 Å². The Hall–Kier alpha value is -0.100. The number of rotatable bonds is 7. The molecule has 0 saturated heterocycles. The van der Waals surface area contributed by atoms with Crippen LogP contribution in [0.1, 0.15) is 31.7 Å². The van der Waals surface area contributed by atoms with Gasteiger partial charge in [0.05, 0.1) is 4.90 Å².